The van der Waals surface area contributed by atoms with E-state index in [9.17, 15) is 0 Å². The molecule has 0 fully saturated rings. The number of nitrogens with zero attached hydrogens (tertiary/aromatic N) is 1. The fourth-order valence-electron chi connectivity index (χ4n) is 2.90. The number of ether oxygens (including phenoxy) is 1. The molecular formula is C20H23N3O. The Balaban J connectivity index is 2.06. The van der Waals surface area contributed by atoms with Gasteiger partial charge in [0.1, 0.15) is 11.6 Å². The van der Waals surface area contributed by atoms with Crippen LogP contribution in [0.1, 0.15) is 25.0 Å². The van der Waals surface area contributed by atoms with Gasteiger partial charge in [-0.3, -0.25) is 0 Å². The first-order chi connectivity index (χ1) is 11.5. The van der Waals surface area contributed by atoms with Crippen LogP contribution in [-0.2, 0) is 6.54 Å². The van der Waals surface area contributed by atoms with Crippen molar-refractivity contribution in [3.05, 3.63) is 53.6 Å². The monoisotopic (exact) mass is 321 g/mol. The van der Waals surface area contributed by atoms with Crippen molar-refractivity contribution >= 4 is 16.7 Å². The largest absolute Gasteiger partial charge is 0.491 e. The molecule has 0 saturated carbocycles. The maximum Gasteiger partial charge on any atom is 0.124 e. The minimum Gasteiger partial charge on any atom is -0.491 e. The van der Waals surface area contributed by atoms with Crippen molar-refractivity contribution in [3.8, 4) is 16.9 Å². The second-order valence-electron chi connectivity index (χ2n) is 6.29. The van der Waals surface area contributed by atoms with Gasteiger partial charge < -0.3 is 16.2 Å². The molecule has 0 unspecified atom stereocenters. The Labute approximate surface area is 142 Å². The van der Waals surface area contributed by atoms with Gasteiger partial charge in [0.2, 0.25) is 0 Å². The maximum absolute atomic E-state index is 5.89. The third-order valence-electron chi connectivity index (χ3n) is 4.01. The van der Waals surface area contributed by atoms with Crippen LogP contribution in [0.25, 0.3) is 22.0 Å². The number of fused-ring (bicyclic) bond motifs is 1. The number of nitrogen functional groups attached to an aromatic ring is 1. The van der Waals surface area contributed by atoms with E-state index in [0.29, 0.717) is 12.4 Å². The van der Waals surface area contributed by atoms with Gasteiger partial charge in [-0.25, -0.2) is 4.98 Å². The molecule has 0 atom stereocenters. The van der Waals surface area contributed by atoms with E-state index in [1.165, 1.54) is 0 Å². The molecule has 24 heavy (non-hydrogen) atoms. The zero-order chi connectivity index (χ0) is 17.3. The quantitative estimate of drug-likeness (QED) is 0.760. The highest BCUT2D eigenvalue weighted by Crippen LogP contribution is 2.30. The van der Waals surface area contributed by atoms with Gasteiger partial charge in [-0.05, 0) is 61.7 Å². The Morgan fingerprint density at radius 2 is 1.75 bits per heavy atom. The number of nitrogens with two attached hydrogens (primary N) is 2. The number of hydrogen-bond acceptors (Lipinski definition) is 4. The molecule has 2 aromatic carbocycles. The number of benzene rings is 2. The highest BCUT2D eigenvalue weighted by Gasteiger charge is 2.09. The molecule has 4 N–H and O–H groups in total. The topological polar surface area (TPSA) is 74.2 Å². The molecule has 0 aliphatic carbocycles. The van der Waals surface area contributed by atoms with Gasteiger partial charge in [-0.1, -0.05) is 18.2 Å². The minimum absolute atomic E-state index is 0.122. The second-order valence-corrected chi connectivity index (χ2v) is 6.29. The van der Waals surface area contributed by atoms with E-state index in [1.807, 2.05) is 32.9 Å². The molecule has 4 nitrogen and oxygen atoms in total. The van der Waals surface area contributed by atoms with E-state index in [1.54, 1.807) is 0 Å². The van der Waals surface area contributed by atoms with Gasteiger partial charge in [-0.2, -0.15) is 0 Å². The summed E-state index contributed by atoms with van der Waals surface area (Å²) in [4.78, 5) is 4.45. The van der Waals surface area contributed by atoms with E-state index in [-0.39, 0.29) is 6.10 Å². The summed E-state index contributed by atoms with van der Waals surface area (Å²) < 4.78 is 5.82. The van der Waals surface area contributed by atoms with Gasteiger partial charge in [-0.15, -0.1) is 0 Å². The van der Waals surface area contributed by atoms with Crippen molar-refractivity contribution in [1.82, 2.24) is 4.98 Å². The molecule has 0 aliphatic rings. The summed E-state index contributed by atoms with van der Waals surface area (Å²) in [5.41, 5.74) is 17.0. The number of aromatic nitrogens is 1. The van der Waals surface area contributed by atoms with Crippen LogP contribution < -0.4 is 16.2 Å². The van der Waals surface area contributed by atoms with Crippen LogP contribution in [0.15, 0.2) is 42.5 Å². The van der Waals surface area contributed by atoms with E-state index in [0.717, 1.165) is 38.9 Å². The normalized spacial score (nSPS) is 11.2. The minimum atomic E-state index is 0.122. The van der Waals surface area contributed by atoms with E-state index in [2.05, 4.69) is 35.3 Å². The average Bonchev–Trinajstić information content (AvgIpc) is 2.54. The third kappa shape index (κ3) is 3.19. The first kappa shape index (κ1) is 16.3. The molecule has 0 saturated heterocycles. The van der Waals surface area contributed by atoms with Crippen LogP contribution in [-0.4, -0.2) is 11.1 Å². The standard InChI is InChI=1S/C20H23N3O/c1-12(2)24-19-7-5-14(9-16(19)11-21)15-4-6-17-13(3)8-20(22)23-18(17)10-15/h4-10,12H,11,21H2,1-3H3,(H2,22,23). The summed E-state index contributed by atoms with van der Waals surface area (Å²) >= 11 is 0. The average molecular weight is 321 g/mol. The molecule has 3 aromatic rings. The number of pyridine rings is 1. The highest BCUT2D eigenvalue weighted by molar-refractivity contribution is 5.88. The van der Waals surface area contributed by atoms with Crippen LogP contribution >= 0.6 is 0 Å². The fraction of sp³-hybridized carbons (Fsp3) is 0.250. The summed E-state index contributed by atoms with van der Waals surface area (Å²) in [6.07, 6.45) is 0.122. The maximum atomic E-state index is 5.89. The molecule has 0 amide bonds. The van der Waals surface area contributed by atoms with Gasteiger partial charge in [0, 0.05) is 17.5 Å². The number of hydrogen-bond donors (Lipinski definition) is 2. The van der Waals surface area contributed by atoms with Crippen LogP contribution in [0, 0.1) is 6.92 Å². The molecular weight excluding hydrogens is 298 g/mol. The van der Waals surface area contributed by atoms with Crippen molar-refractivity contribution < 1.29 is 4.74 Å². The summed E-state index contributed by atoms with van der Waals surface area (Å²) in [6, 6.07) is 14.3. The van der Waals surface area contributed by atoms with Crippen molar-refractivity contribution in [3.63, 3.8) is 0 Å². The lowest BCUT2D eigenvalue weighted by Crippen LogP contribution is -2.09. The van der Waals surface area contributed by atoms with Crippen LogP contribution in [0.3, 0.4) is 0 Å². The fourth-order valence-corrected chi connectivity index (χ4v) is 2.90. The van der Waals surface area contributed by atoms with Crippen LogP contribution in [0.2, 0.25) is 0 Å². The summed E-state index contributed by atoms with van der Waals surface area (Å²) in [5.74, 6) is 1.38. The summed E-state index contributed by atoms with van der Waals surface area (Å²) in [5, 5.41) is 1.12. The van der Waals surface area contributed by atoms with Gasteiger partial charge in [0.25, 0.3) is 0 Å². The lowest BCUT2D eigenvalue weighted by Gasteiger charge is -2.15. The first-order valence-corrected chi connectivity index (χ1v) is 8.15. The van der Waals surface area contributed by atoms with Gasteiger partial charge in [0.05, 0.1) is 11.6 Å². The molecule has 0 aliphatic heterocycles. The Morgan fingerprint density at radius 1 is 1.04 bits per heavy atom. The van der Waals surface area contributed by atoms with Crippen LogP contribution in [0.4, 0.5) is 5.82 Å². The third-order valence-corrected chi connectivity index (χ3v) is 4.01. The molecule has 124 valence electrons. The molecule has 3 rings (SSSR count). The zero-order valence-electron chi connectivity index (χ0n) is 14.3. The van der Waals surface area contributed by atoms with E-state index < -0.39 is 0 Å². The molecule has 1 aromatic heterocycles. The number of rotatable bonds is 4. The first-order valence-electron chi connectivity index (χ1n) is 8.15. The Bertz CT molecular complexity index is 887. The SMILES string of the molecule is Cc1cc(N)nc2cc(-c3ccc(OC(C)C)c(CN)c3)ccc12. The Kier molecular flexibility index (Phi) is 4.40. The Morgan fingerprint density at radius 3 is 2.46 bits per heavy atom. The highest BCUT2D eigenvalue weighted by atomic mass is 16.5. The van der Waals surface area contributed by atoms with Crippen molar-refractivity contribution in [2.75, 3.05) is 5.73 Å². The van der Waals surface area contributed by atoms with Crippen molar-refractivity contribution in [2.45, 2.75) is 33.4 Å². The molecule has 1 heterocycles. The van der Waals surface area contributed by atoms with Crippen LogP contribution in [0.5, 0.6) is 5.75 Å². The lowest BCUT2D eigenvalue weighted by atomic mass is 9.99. The molecule has 0 radical (unpaired) electrons. The van der Waals surface area contributed by atoms with Gasteiger partial charge >= 0.3 is 0 Å². The number of aryl methyl sites for hydroxylation is 1. The predicted octanol–water partition coefficient (Wildman–Crippen LogP) is 4.04. The van der Waals surface area contributed by atoms with E-state index >= 15 is 0 Å². The summed E-state index contributed by atoms with van der Waals surface area (Å²) in [7, 11) is 0. The summed E-state index contributed by atoms with van der Waals surface area (Å²) in [6.45, 7) is 6.50. The Hall–Kier alpha value is -2.59. The smallest absolute Gasteiger partial charge is 0.124 e. The van der Waals surface area contributed by atoms with E-state index in [4.69, 9.17) is 16.2 Å². The van der Waals surface area contributed by atoms with Crippen molar-refractivity contribution in [1.29, 1.82) is 0 Å². The number of anilines is 1. The second kappa shape index (κ2) is 6.49. The molecule has 0 bridgehead atoms. The van der Waals surface area contributed by atoms with Crippen molar-refractivity contribution in [2.24, 2.45) is 5.73 Å². The molecule has 4 heteroatoms. The zero-order valence-corrected chi connectivity index (χ0v) is 14.3. The molecule has 0 spiro atoms. The van der Waals surface area contributed by atoms with Gasteiger partial charge in [0.15, 0.2) is 0 Å². The predicted molar refractivity (Wildman–Crippen MR) is 100.0 cm³/mol. The lowest BCUT2D eigenvalue weighted by molar-refractivity contribution is 0.240.